The first kappa shape index (κ1) is 27.4. The standard InChI is InChI=1S/C28H35N3O4S/c1-5-16-29-28(33)26(6-2)31(19-22-11-9-10-21(3)17-22)27(32)20-30(4)36(34,35)25-15-14-23-12-7-8-13-24(23)18-25/h7-15,17-18,26H,5-6,16,19-20H2,1-4H3,(H,29,33)/t26-/m0/s1. The quantitative estimate of drug-likeness (QED) is 0.422. The summed E-state index contributed by atoms with van der Waals surface area (Å²) in [6, 6.07) is 19.5. The molecule has 0 unspecified atom stereocenters. The number of benzene rings is 3. The molecule has 0 aliphatic carbocycles. The number of likely N-dealkylation sites (N-methyl/N-ethyl adjacent to an activating group) is 1. The minimum absolute atomic E-state index is 0.120. The highest BCUT2D eigenvalue weighted by atomic mass is 32.2. The van der Waals surface area contributed by atoms with Crippen LogP contribution in [-0.2, 0) is 26.2 Å². The third kappa shape index (κ3) is 6.50. The van der Waals surface area contributed by atoms with Crippen molar-refractivity contribution in [3.63, 3.8) is 0 Å². The largest absolute Gasteiger partial charge is 0.354 e. The molecule has 8 heteroatoms. The molecule has 2 amide bonds. The van der Waals surface area contributed by atoms with Crippen LogP contribution in [0.5, 0.6) is 0 Å². The first-order valence-electron chi connectivity index (χ1n) is 12.2. The van der Waals surface area contributed by atoms with Crippen LogP contribution in [0.1, 0.15) is 37.8 Å². The topological polar surface area (TPSA) is 86.8 Å². The van der Waals surface area contributed by atoms with E-state index in [0.29, 0.717) is 13.0 Å². The number of carbonyl (C=O) groups is 2. The molecule has 0 fully saturated rings. The van der Waals surface area contributed by atoms with Gasteiger partial charge >= 0.3 is 0 Å². The van der Waals surface area contributed by atoms with Gasteiger partial charge in [-0.3, -0.25) is 9.59 Å². The molecule has 1 N–H and O–H groups in total. The molecule has 0 aliphatic heterocycles. The molecule has 0 spiro atoms. The van der Waals surface area contributed by atoms with E-state index in [1.165, 1.54) is 11.9 Å². The Morgan fingerprint density at radius 2 is 1.67 bits per heavy atom. The number of nitrogens with one attached hydrogen (secondary N) is 1. The Hall–Kier alpha value is -3.23. The number of fused-ring (bicyclic) bond motifs is 1. The van der Waals surface area contributed by atoms with Gasteiger partial charge in [0.2, 0.25) is 21.8 Å². The van der Waals surface area contributed by atoms with E-state index in [2.05, 4.69) is 5.32 Å². The molecule has 3 aromatic carbocycles. The van der Waals surface area contributed by atoms with Crippen molar-refractivity contribution in [2.24, 2.45) is 0 Å². The van der Waals surface area contributed by atoms with Gasteiger partial charge in [0.15, 0.2) is 0 Å². The Kier molecular flexibility index (Phi) is 9.23. The maximum Gasteiger partial charge on any atom is 0.243 e. The van der Waals surface area contributed by atoms with Crippen molar-refractivity contribution in [3.05, 3.63) is 77.9 Å². The van der Waals surface area contributed by atoms with Crippen LogP contribution in [0, 0.1) is 6.92 Å². The summed E-state index contributed by atoms with van der Waals surface area (Å²) in [5.41, 5.74) is 1.92. The summed E-state index contributed by atoms with van der Waals surface area (Å²) in [6.45, 7) is 6.12. The van der Waals surface area contributed by atoms with Crippen LogP contribution in [0.25, 0.3) is 10.8 Å². The van der Waals surface area contributed by atoms with Crippen LogP contribution in [0.15, 0.2) is 71.6 Å². The molecule has 0 radical (unpaired) electrons. The van der Waals surface area contributed by atoms with Gasteiger partial charge in [-0.1, -0.05) is 74.0 Å². The summed E-state index contributed by atoms with van der Waals surface area (Å²) in [7, 11) is -2.53. The van der Waals surface area contributed by atoms with Crippen molar-refractivity contribution in [1.82, 2.24) is 14.5 Å². The molecule has 36 heavy (non-hydrogen) atoms. The van der Waals surface area contributed by atoms with E-state index in [4.69, 9.17) is 0 Å². The fourth-order valence-corrected chi connectivity index (χ4v) is 5.32. The summed E-state index contributed by atoms with van der Waals surface area (Å²) in [6.07, 6.45) is 1.19. The minimum Gasteiger partial charge on any atom is -0.354 e. The molecule has 0 heterocycles. The van der Waals surface area contributed by atoms with Gasteiger partial charge in [-0.05, 0) is 48.2 Å². The molecule has 3 aromatic rings. The highest BCUT2D eigenvalue weighted by Gasteiger charge is 2.31. The van der Waals surface area contributed by atoms with Crippen LogP contribution in [0.4, 0.5) is 0 Å². The van der Waals surface area contributed by atoms with Gasteiger partial charge in [0.1, 0.15) is 6.04 Å². The average molecular weight is 510 g/mol. The Balaban J connectivity index is 1.87. The summed E-state index contributed by atoms with van der Waals surface area (Å²) in [4.78, 5) is 28.1. The Labute approximate surface area is 214 Å². The lowest BCUT2D eigenvalue weighted by Gasteiger charge is -2.32. The Morgan fingerprint density at radius 3 is 2.33 bits per heavy atom. The maximum absolute atomic E-state index is 13.6. The molecule has 192 valence electrons. The number of carbonyl (C=O) groups excluding carboxylic acids is 2. The molecule has 7 nitrogen and oxygen atoms in total. The molecule has 0 aromatic heterocycles. The van der Waals surface area contributed by atoms with Crippen LogP contribution in [0.2, 0.25) is 0 Å². The number of nitrogens with zero attached hydrogens (tertiary/aromatic N) is 2. The number of rotatable bonds is 11. The van der Waals surface area contributed by atoms with Crippen molar-refractivity contribution in [2.75, 3.05) is 20.1 Å². The molecular weight excluding hydrogens is 474 g/mol. The molecule has 3 rings (SSSR count). The monoisotopic (exact) mass is 509 g/mol. The SMILES string of the molecule is CCCNC(=O)[C@H](CC)N(Cc1cccc(C)c1)C(=O)CN(C)S(=O)(=O)c1ccc2ccccc2c1. The number of hydrogen-bond acceptors (Lipinski definition) is 4. The van der Waals surface area contributed by atoms with Crippen LogP contribution in [-0.4, -0.2) is 55.6 Å². The average Bonchev–Trinajstić information content (AvgIpc) is 2.86. The zero-order valence-electron chi connectivity index (χ0n) is 21.4. The van der Waals surface area contributed by atoms with E-state index >= 15 is 0 Å². The lowest BCUT2D eigenvalue weighted by Crippen LogP contribution is -2.51. The van der Waals surface area contributed by atoms with Crippen molar-refractivity contribution >= 4 is 32.6 Å². The number of sulfonamides is 1. The van der Waals surface area contributed by atoms with Crippen molar-refractivity contribution < 1.29 is 18.0 Å². The second-order valence-electron chi connectivity index (χ2n) is 9.00. The third-order valence-corrected chi connectivity index (χ3v) is 7.96. The summed E-state index contributed by atoms with van der Waals surface area (Å²) >= 11 is 0. The summed E-state index contributed by atoms with van der Waals surface area (Å²) in [5.74, 6) is -0.665. The van der Waals surface area contributed by atoms with Crippen LogP contribution < -0.4 is 5.32 Å². The highest BCUT2D eigenvalue weighted by molar-refractivity contribution is 7.89. The number of hydrogen-bond donors (Lipinski definition) is 1. The lowest BCUT2D eigenvalue weighted by molar-refractivity contribution is -0.141. The first-order valence-corrected chi connectivity index (χ1v) is 13.7. The zero-order chi connectivity index (χ0) is 26.3. The zero-order valence-corrected chi connectivity index (χ0v) is 22.2. The third-order valence-electron chi connectivity index (χ3n) is 6.16. The van der Waals surface area contributed by atoms with Gasteiger partial charge in [0.25, 0.3) is 0 Å². The fourth-order valence-electron chi connectivity index (χ4n) is 4.17. The van der Waals surface area contributed by atoms with E-state index < -0.39 is 22.0 Å². The Morgan fingerprint density at radius 1 is 0.944 bits per heavy atom. The lowest BCUT2D eigenvalue weighted by atomic mass is 10.1. The van der Waals surface area contributed by atoms with Crippen molar-refractivity contribution in [2.45, 2.75) is 51.1 Å². The van der Waals surface area contributed by atoms with E-state index in [-0.39, 0.29) is 23.9 Å². The van der Waals surface area contributed by atoms with E-state index in [1.807, 2.05) is 69.3 Å². The molecule has 0 bridgehead atoms. The predicted molar refractivity (Wildman–Crippen MR) is 143 cm³/mol. The van der Waals surface area contributed by atoms with Gasteiger partial charge in [0, 0.05) is 20.1 Å². The maximum atomic E-state index is 13.6. The van der Waals surface area contributed by atoms with Crippen molar-refractivity contribution in [1.29, 1.82) is 0 Å². The van der Waals surface area contributed by atoms with E-state index in [0.717, 1.165) is 32.6 Å². The summed E-state index contributed by atoms with van der Waals surface area (Å²) < 4.78 is 27.7. The predicted octanol–water partition coefficient (Wildman–Crippen LogP) is 4.10. The molecular formula is C28H35N3O4S. The molecule has 0 aliphatic rings. The van der Waals surface area contributed by atoms with Crippen LogP contribution >= 0.6 is 0 Å². The fraction of sp³-hybridized carbons (Fsp3) is 0.357. The van der Waals surface area contributed by atoms with E-state index in [1.54, 1.807) is 18.2 Å². The number of amides is 2. The molecule has 0 saturated carbocycles. The normalized spacial score (nSPS) is 12.5. The van der Waals surface area contributed by atoms with Gasteiger partial charge in [0.05, 0.1) is 11.4 Å². The molecule has 0 saturated heterocycles. The van der Waals surface area contributed by atoms with Gasteiger partial charge in [-0.25, -0.2) is 8.42 Å². The highest BCUT2D eigenvalue weighted by Crippen LogP contribution is 2.22. The second-order valence-corrected chi connectivity index (χ2v) is 11.0. The first-order chi connectivity index (χ1) is 17.2. The molecule has 1 atom stereocenters. The van der Waals surface area contributed by atoms with Crippen molar-refractivity contribution in [3.8, 4) is 0 Å². The summed E-state index contributed by atoms with van der Waals surface area (Å²) in [5, 5.41) is 4.62. The smallest absolute Gasteiger partial charge is 0.243 e. The Bertz CT molecular complexity index is 1320. The minimum atomic E-state index is -3.92. The number of aryl methyl sites for hydroxylation is 1. The van der Waals surface area contributed by atoms with Crippen LogP contribution in [0.3, 0.4) is 0 Å². The van der Waals surface area contributed by atoms with Gasteiger partial charge in [-0.2, -0.15) is 4.31 Å². The second kappa shape index (κ2) is 12.1. The van der Waals surface area contributed by atoms with E-state index in [9.17, 15) is 18.0 Å². The van der Waals surface area contributed by atoms with Gasteiger partial charge in [-0.15, -0.1) is 0 Å². The van der Waals surface area contributed by atoms with Gasteiger partial charge < -0.3 is 10.2 Å².